The first-order valence-electron chi connectivity index (χ1n) is 5.63. The lowest BCUT2D eigenvalue weighted by molar-refractivity contribution is 0.400. The van der Waals surface area contributed by atoms with Crippen molar-refractivity contribution in [2.24, 2.45) is 5.92 Å². The van der Waals surface area contributed by atoms with Crippen LogP contribution >= 0.6 is 0 Å². The van der Waals surface area contributed by atoms with Gasteiger partial charge in [-0.1, -0.05) is 20.3 Å². The Hall–Kier alpha value is -0.130. The summed E-state index contributed by atoms with van der Waals surface area (Å²) < 4.78 is 26.1. The van der Waals surface area contributed by atoms with Gasteiger partial charge in [-0.15, -0.1) is 0 Å². The molecule has 2 atom stereocenters. The molecule has 90 valence electrons. The summed E-state index contributed by atoms with van der Waals surface area (Å²) in [5.74, 6) is 0.669. The van der Waals surface area contributed by atoms with Crippen molar-refractivity contribution in [3.05, 3.63) is 0 Å². The van der Waals surface area contributed by atoms with E-state index in [9.17, 15) is 8.42 Å². The molecule has 4 nitrogen and oxygen atoms in total. The monoisotopic (exact) mass is 234 g/mol. The molecule has 0 aromatic rings. The van der Waals surface area contributed by atoms with E-state index in [1.807, 2.05) is 14.0 Å². The van der Waals surface area contributed by atoms with E-state index >= 15 is 0 Å². The lowest BCUT2D eigenvalue weighted by Crippen LogP contribution is -2.40. The van der Waals surface area contributed by atoms with Gasteiger partial charge in [-0.25, -0.2) is 13.1 Å². The van der Waals surface area contributed by atoms with Crippen molar-refractivity contribution in [1.82, 2.24) is 9.62 Å². The molecular formula is C10H22N2O2S. The third-order valence-corrected chi connectivity index (χ3v) is 4.38. The number of sulfonamides is 1. The van der Waals surface area contributed by atoms with E-state index in [1.54, 1.807) is 0 Å². The topological polar surface area (TPSA) is 49.4 Å². The molecule has 0 aromatic heterocycles. The zero-order valence-electron chi connectivity index (χ0n) is 9.86. The number of hydrogen-bond acceptors (Lipinski definition) is 3. The van der Waals surface area contributed by atoms with Crippen molar-refractivity contribution in [2.75, 3.05) is 25.9 Å². The van der Waals surface area contributed by atoms with Crippen molar-refractivity contribution in [2.45, 2.75) is 32.7 Å². The van der Waals surface area contributed by atoms with E-state index in [-0.39, 0.29) is 11.8 Å². The van der Waals surface area contributed by atoms with Crippen molar-refractivity contribution in [3.8, 4) is 0 Å². The van der Waals surface area contributed by atoms with Crippen LogP contribution in [0.25, 0.3) is 0 Å². The largest absolute Gasteiger partial charge is 0.304 e. The highest BCUT2D eigenvalue weighted by atomic mass is 32.2. The number of likely N-dealkylation sites (tertiary alicyclic amines) is 1. The van der Waals surface area contributed by atoms with Crippen LogP contribution in [0.3, 0.4) is 0 Å². The fourth-order valence-corrected chi connectivity index (χ4v) is 3.54. The van der Waals surface area contributed by atoms with Crippen LogP contribution in [0.15, 0.2) is 0 Å². The molecule has 0 amide bonds. The number of rotatable bonds is 5. The predicted molar refractivity (Wildman–Crippen MR) is 62.3 cm³/mol. The average Bonchev–Trinajstić information content (AvgIpc) is 2.41. The Labute approximate surface area is 93.1 Å². The fourth-order valence-electron chi connectivity index (χ4n) is 1.99. The molecule has 0 aromatic carbocycles. The van der Waals surface area contributed by atoms with Crippen LogP contribution in [-0.2, 0) is 10.0 Å². The molecule has 0 saturated carbocycles. The van der Waals surface area contributed by atoms with Gasteiger partial charge in [0, 0.05) is 19.1 Å². The molecule has 1 saturated heterocycles. The van der Waals surface area contributed by atoms with Crippen LogP contribution in [0.2, 0.25) is 0 Å². The van der Waals surface area contributed by atoms with E-state index in [2.05, 4.69) is 16.5 Å². The van der Waals surface area contributed by atoms with Gasteiger partial charge in [0.25, 0.3) is 0 Å². The first-order valence-corrected chi connectivity index (χ1v) is 7.28. The summed E-state index contributed by atoms with van der Waals surface area (Å²) in [4.78, 5) is 2.16. The summed E-state index contributed by atoms with van der Waals surface area (Å²) in [6.45, 7) is 5.89. The molecule has 0 radical (unpaired) electrons. The Bertz CT molecular complexity index is 290. The number of likely N-dealkylation sites (N-methyl/N-ethyl adjacent to an activating group) is 1. The van der Waals surface area contributed by atoms with Gasteiger partial charge in [-0.2, -0.15) is 0 Å². The number of unbranched alkanes of at least 4 members (excludes halogenated alkanes) is 1. The van der Waals surface area contributed by atoms with Crippen molar-refractivity contribution >= 4 is 10.0 Å². The standard InChI is InChI=1S/C10H22N2O2S/c1-4-5-6-15(13,14)11-10-8-12(3)7-9(10)2/h9-11H,4-8H2,1-3H3. The minimum absolute atomic E-state index is 0.0943. The normalized spacial score (nSPS) is 28.5. The van der Waals surface area contributed by atoms with Crippen LogP contribution in [0.5, 0.6) is 0 Å². The summed E-state index contributed by atoms with van der Waals surface area (Å²) in [5, 5.41) is 0. The maximum atomic E-state index is 11.7. The van der Waals surface area contributed by atoms with Crippen LogP contribution < -0.4 is 4.72 Å². The zero-order valence-corrected chi connectivity index (χ0v) is 10.7. The maximum Gasteiger partial charge on any atom is 0.211 e. The lowest BCUT2D eigenvalue weighted by Gasteiger charge is -2.16. The molecular weight excluding hydrogens is 212 g/mol. The molecule has 1 rings (SSSR count). The van der Waals surface area contributed by atoms with Crippen LogP contribution in [0.1, 0.15) is 26.7 Å². The van der Waals surface area contributed by atoms with Gasteiger partial charge in [-0.05, 0) is 19.4 Å². The molecule has 0 aliphatic carbocycles. The molecule has 1 heterocycles. The van der Waals surface area contributed by atoms with E-state index in [1.165, 1.54) is 0 Å². The first-order chi connectivity index (χ1) is 6.94. The first kappa shape index (κ1) is 12.9. The van der Waals surface area contributed by atoms with Gasteiger partial charge in [0.15, 0.2) is 0 Å². The molecule has 1 aliphatic rings. The van der Waals surface area contributed by atoms with Crippen molar-refractivity contribution < 1.29 is 8.42 Å². The molecule has 15 heavy (non-hydrogen) atoms. The minimum atomic E-state index is -3.06. The highest BCUT2D eigenvalue weighted by Gasteiger charge is 2.30. The third-order valence-electron chi connectivity index (χ3n) is 2.89. The Kier molecular flexibility index (Phi) is 4.55. The highest BCUT2D eigenvalue weighted by molar-refractivity contribution is 7.89. The average molecular weight is 234 g/mol. The molecule has 2 unspecified atom stereocenters. The summed E-state index contributed by atoms with van der Waals surface area (Å²) in [5.41, 5.74) is 0. The maximum absolute atomic E-state index is 11.7. The number of nitrogens with one attached hydrogen (secondary N) is 1. The zero-order chi connectivity index (χ0) is 11.5. The Morgan fingerprint density at radius 3 is 2.53 bits per heavy atom. The third kappa shape index (κ3) is 4.09. The molecule has 1 fully saturated rings. The van der Waals surface area contributed by atoms with E-state index in [0.29, 0.717) is 5.92 Å². The second-order valence-electron chi connectivity index (χ2n) is 4.60. The van der Waals surface area contributed by atoms with Gasteiger partial charge < -0.3 is 4.90 Å². The Morgan fingerprint density at radius 2 is 2.07 bits per heavy atom. The Balaban J connectivity index is 2.47. The number of nitrogens with zero attached hydrogens (tertiary/aromatic N) is 1. The second-order valence-corrected chi connectivity index (χ2v) is 6.47. The van der Waals surface area contributed by atoms with Gasteiger partial charge in [-0.3, -0.25) is 0 Å². The smallest absolute Gasteiger partial charge is 0.211 e. The summed E-state index contributed by atoms with van der Waals surface area (Å²) in [7, 11) is -1.04. The highest BCUT2D eigenvalue weighted by Crippen LogP contribution is 2.15. The number of hydrogen-bond donors (Lipinski definition) is 1. The summed E-state index contributed by atoms with van der Waals surface area (Å²) in [6.07, 6.45) is 1.66. The fraction of sp³-hybridized carbons (Fsp3) is 1.00. The Morgan fingerprint density at radius 1 is 1.40 bits per heavy atom. The van der Waals surface area contributed by atoms with Gasteiger partial charge >= 0.3 is 0 Å². The predicted octanol–water partition coefficient (Wildman–Crippen LogP) is 0.656. The van der Waals surface area contributed by atoms with Gasteiger partial charge in [0.05, 0.1) is 5.75 Å². The molecule has 5 heteroatoms. The van der Waals surface area contributed by atoms with Crippen LogP contribution in [-0.4, -0.2) is 45.2 Å². The molecule has 1 aliphatic heterocycles. The molecule has 1 N–H and O–H groups in total. The van der Waals surface area contributed by atoms with E-state index in [4.69, 9.17) is 0 Å². The van der Waals surface area contributed by atoms with Gasteiger partial charge in [0.2, 0.25) is 10.0 Å². The summed E-state index contributed by atoms with van der Waals surface area (Å²) >= 11 is 0. The van der Waals surface area contributed by atoms with Crippen LogP contribution in [0, 0.1) is 5.92 Å². The molecule has 0 spiro atoms. The molecule has 0 bridgehead atoms. The van der Waals surface area contributed by atoms with Crippen LogP contribution in [0.4, 0.5) is 0 Å². The van der Waals surface area contributed by atoms with E-state index in [0.717, 1.165) is 25.9 Å². The summed E-state index contributed by atoms with van der Waals surface area (Å²) in [6, 6.07) is 0.0943. The van der Waals surface area contributed by atoms with Crippen molar-refractivity contribution in [1.29, 1.82) is 0 Å². The lowest BCUT2D eigenvalue weighted by atomic mass is 10.1. The van der Waals surface area contributed by atoms with Crippen molar-refractivity contribution in [3.63, 3.8) is 0 Å². The second kappa shape index (κ2) is 5.27. The quantitative estimate of drug-likeness (QED) is 0.760. The minimum Gasteiger partial charge on any atom is -0.304 e. The SMILES string of the molecule is CCCCS(=O)(=O)NC1CN(C)CC1C. The van der Waals surface area contributed by atoms with Gasteiger partial charge in [0.1, 0.15) is 0 Å². The van der Waals surface area contributed by atoms with E-state index < -0.39 is 10.0 Å².